The third kappa shape index (κ3) is 2.96. The molecule has 27 heavy (non-hydrogen) atoms. The maximum Gasteiger partial charge on any atom is 0.329 e. The van der Waals surface area contributed by atoms with E-state index in [0.29, 0.717) is 11.4 Å². The van der Waals surface area contributed by atoms with Gasteiger partial charge in [0.25, 0.3) is 0 Å². The third-order valence-corrected chi connectivity index (χ3v) is 6.90. The number of ether oxygens (including phenoxy) is 1. The molecule has 0 spiro atoms. The number of anilines is 2. The Morgan fingerprint density at radius 1 is 0.963 bits per heavy atom. The zero-order chi connectivity index (χ0) is 19.3. The summed E-state index contributed by atoms with van der Waals surface area (Å²) in [6.45, 7) is 3.94. The summed E-state index contributed by atoms with van der Waals surface area (Å²) in [6.07, 6.45) is 0. The second-order valence-electron chi connectivity index (χ2n) is 7.25. The lowest BCUT2D eigenvalue weighted by molar-refractivity contribution is 0.255. The highest BCUT2D eigenvalue weighted by Crippen LogP contribution is 2.41. The van der Waals surface area contributed by atoms with Gasteiger partial charge >= 0.3 is 6.03 Å². The van der Waals surface area contributed by atoms with Gasteiger partial charge in [-0.2, -0.15) is 0 Å². The van der Waals surface area contributed by atoms with Crippen molar-refractivity contribution in [2.24, 2.45) is 0 Å². The Labute approximate surface area is 159 Å². The van der Waals surface area contributed by atoms with Crippen molar-refractivity contribution < 1.29 is 17.9 Å². The van der Waals surface area contributed by atoms with E-state index >= 15 is 0 Å². The van der Waals surface area contributed by atoms with Crippen molar-refractivity contribution in [1.82, 2.24) is 0 Å². The first-order valence-electron chi connectivity index (χ1n) is 8.85. The summed E-state index contributed by atoms with van der Waals surface area (Å²) in [5.41, 5.74) is 3.41. The number of fused-ring (bicyclic) bond motifs is 1. The predicted molar refractivity (Wildman–Crippen MR) is 105 cm³/mol. The van der Waals surface area contributed by atoms with E-state index in [0.717, 1.165) is 16.8 Å². The quantitative estimate of drug-likeness (QED) is 0.761. The number of para-hydroxylation sites is 2. The zero-order valence-electron chi connectivity index (χ0n) is 15.5. The summed E-state index contributed by atoms with van der Waals surface area (Å²) in [5.74, 6) is 0.487. The second kappa shape index (κ2) is 6.27. The Bertz CT molecular complexity index is 998. The van der Waals surface area contributed by atoms with E-state index in [4.69, 9.17) is 4.74 Å². The monoisotopic (exact) mass is 386 g/mol. The van der Waals surface area contributed by atoms with Crippen LogP contribution in [0, 0.1) is 13.8 Å². The van der Waals surface area contributed by atoms with Gasteiger partial charge in [0.05, 0.1) is 36.4 Å². The molecule has 4 rings (SSSR count). The van der Waals surface area contributed by atoms with Gasteiger partial charge in [0.15, 0.2) is 9.84 Å². The van der Waals surface area contributed by atoms with Crippen molar-refractivity contribution in [3.8, 4) is 5.75 Å². The summed E-state index contributed by atoms with van der Waals surface area (Å²) in [4.78, 5) is 16.7. The highest BCUT2D eigenvalue weighted by Gasteiger charge is 2.55. The fourth-order valence-electron chi connectivity index (χ4n) is 4.21. The van der Waals surface area contributed by atoms with Crippen LogP contribution in [0.1, 0.15) is 11.1 Å². The topological polar surface area (TPSA) is 66.9 Å². The van der Waals surface area contributed by atoms with E-state index < -0.39 is 21.9 Å². The molecule has 2 aliphatic heterocycles. The summed E-state index contributed by atoms with van der Waals surface area (Å²) in [6, 6.07) is 12.1. The van der Waals surface area contributed by atoms with Crippen LogP contribution in [-0.4, -0.2) is 45.1 Å². The molecular formula is C20H22N2O4S. The second-order valence-corrected chi connectivity index (χ2v) is 9.41. The molecule has 0 radical (unpaired) electrons. The highest BCUT2D eigenvalue weighted by molar-refractivity contribution is 7.91. The van der Waals surface area contributed by atoms with Crippen molar-refractivity contribution >= 4 is 27.2 Å². The average Bonchev–Trinajstić information content (AvgIpc) is 3.02. The van der Waals surface area contributed by atoms with E-state index in [-0.39, 0.29) is 17.5 Å². The van der Waals surface area contributed by atoms with Gasteiger partial charge in [-0.3, -0.25) is 9.80 Å². The average molecular weight is 386 g/mol. The van der Waals surface area contributed by atoms with Crippen LogP contribution in [0.15, 0.2) is 42.5 Å². The number of carbonyl (C=O) groups excluding carboxylic acids is 1. The molecule has 0 saturated carbocycles. The standard InChI is InChI=1S/C20H22N2O4S/c1-13-8-14(2)10-15(9-13)21-17-11-27(24,25)12-18(17)22(20(21)23)16-6-4-5-7-19(16)26-3/h4-10,17-18H,11-12H2,1-3H3/t17-,18+/m1/s1. The normalized spacial score (nSPS) is 23.6. The molecule has 0 unspecified atom stereocenters. The number of rotatable bonds is 3. The molecule has 2 fully saturated rings. The molecule has 0 aliphatic carbocycles. The lowest BCUT2D eigenvalue weighted by Gasteiger charge is -2.24. The van der Waals surface area contributed by atoms with Gasteiger partial charge in [-0.25, -0.2) is 13.2 Å². The molecule has 0 aromatic heterocycles. The van der Waals surface area contributed by atoms with Crippen molar-refractivity contribution in [1.29, 1.82) is 0 Å². The molecule has 2 atom stereocenters. The Hall–Kier alpha value is -2.54. The SMILES string of the molecule is COc1ccccc1N1C(=O)N(c2cc(C)cc(C)c2)[C@@H]2CS(=O)(=O)C[C@@H]21. The third-order valence-electron chi connectivity index (χ3n) is 5.20. The molecule has 2 heterocycles. The van der Waals surface area contributed by atoms with E-state index in [1.807, 2.05) is 44.2 Å². The van der Waals surface area contributed by atoms with Crippen LogP contribution >= 0.6 is 0 Å². The van der Waals surface area contributed by atoms with Gasteiger partial charge in [0, 0.05) is 5.69 Å². The Balaban J connectivity index is 1.86. The summed E-state index contributed by atoms with van der Waals surface area (Å²) in [7, 11) is -1.68. The molecule has 7 heteroatoms. The van der Waals surface area contributed by atoms with Crippen molar-refractivity contribution in [2.45, 2.75) is 25.9 Å². The summed E-state index contributed by atoms with van der Waals surface area (Å²) >= 11 is 0. The van der Waals surface area contributed by atoms with Gasteiger partial charge in [-0.15, -0.1) is 0 Å². The lowest BCUT2D eigenvalue weighted by Crippen LogP contribution is -2.38. The van der Waals surface area contributed by atoms with E-state index in [1.54, 1.807) is 29.0 Å². The number of aryl methyl sites for hydroxylation is 2. The predicted octanol–water partition coefficient (Wildman–Crippen LogP) is 2.92. The maximum absolute atomic E-state index is 13.4. The summed E-state index contributed by atoms with van der Waals surface area (Å²) < 4.78 is 30.2. The molecular weight excluding hydrogens is 364 g/mol. The van der Waals surface area contributed by atoms with Gasteiger partial charge in [-0.1, -0.05) is 18.2 Å². The highest BCUT2D eigenvalue weighted by atomic mass is 32.2. The van der Waals surface area contributed by atoms with Crippen LogP contribution in [0.5, 0.6) is 5.75 Å². The first-order chi connectivity index (χ1) is 12.8. The molecule has 0 N–H and O–H groups in total. The number of sulfone groups is 1. The number of nitrogens with zero attached hydrogens (tertiary/aromatic N) is 2. The molecule has 6 nitrogen and oxygen atoms in total. The minimum Gasteiger partial charge on any atom is -0.495 e. The number of hydrogen-bond acceptors (Lipinski definition) is 4. The molecule has 2 aromatic carbocycles. The molecule has 2 amide bonds. The number of benzene rings is 2. The number of carbonyl (C=O) groups is 1. The van der Waals surface area contributed by atoms with Gasteiger partial charge in [-0.05, 0) is 49.2 Å². The van der Waals surface area contributed by atoms with Crippen molar-refractivity contribution in [2.75, 3.05) is 28.4 Å². The molecule has 142 valence electrons. The molecule has 0 bridgehead atoms. The Morgan fingerprint density at radius 2 is 1.56 bits per heavy atom. The van der Waals surface area contributed by atoms with E-state index in [9.17, 15) is 13.2 Å². The van der Waals surface area contributed by atoms with E-state index in [2.05, 4.69) is 0 Å². The largest absolute Gasteiger partial charge is 0.495 e. The zero-order valence-corrected chi connectivity index (χ0v) is 16.4. The molecule has 2 saturated heterocycles. The number of methoxy groups -OCH3 is 1. The smallest absolute Gasteiger partial charge is 0.329 e. The van der Waals surface area contributed by atoms with Gasteiger partial charge in [0.1, 0.15) is 5.75 Å². The minimum atomic E-state index is -3.23. The number of amides is 2. The molecule has 2 aromatic rings. The Kier molecular flexibility index (Phi) is 4.14. The number of hydrogen-bond donors (Lipinski definition) is 0. The van der Waals surface area contributed by atoms with Crippen LogP contribution in [0.3, 0.4) is 0 Å². The lowest BCUT2D eigenvalue weighted by atomic mass is 10.1. The first-order valence-corrected chi connectivity index (χ1v) is 10.7. The van der Waals surface area contributed by atoms with Gasteiger partial charge < -0.3 is 4.74 Å². The maximum atomic E-state index is 13.4. The van der Waals surface area contributed by atoms with Crippen LogP contribution < -0.4 is 14.5 Å². The minimum absolute atomic E-state index is 0.0257. The molecule has 2 aliphatic rings. The van der Waals surface area contributed by atoms with Crippen molar-refractivity contribution in [3.63, 3.8) is 0 Å². The van der Waals surface area contributed by atoms with Crippen LogP contribution in [0.4, 0.5) is 16.2 Å². The van der Waals surface area contributed by atoms with Crippen LogP contribution in [0.2, 0.25) is 0 Å². The van der Waals surface area contributed by atoms with Crippen LogP contribution in [-0.2, 0) is 9.84 Å². The first kappa shape index (κ1) is 17.9. The fourth-order valence-corrected chi connectivity index (χ4v) is 6.12. The fraction of sp³-hybridized carbons (Fsp3) is 0.350. The van der Waals surface area contributed by atoms with Crippen LogP contribution in [0.25, 0.3) is 0 Å². The van der Waals surface area contributed by atoms with Gasteiger partial charge in [0.2, 0.25) is 0 Å². The Morgan fingerprint density at radius 3 is 2.19 bits per heavy atom. The summed E-state index contributed by atoms with van der Waals surface area (Å²) in [5, 5.41) is 0. The number of urea groups is 1. The van der Waals surface area contributed by atoms with Crippen molar-refractivity contribution in [3.05, 3.63) is 53.6 Å². The van der Waals surface area contributed by atoms with E-state index in [1.165, 1.54) is 0 Å².